The molecule has 2 saturated heterocycles. The number of carboxylic acid groups (broad SMARTS) is 1. The highest BCUT2D eigenvalue weighted by molar-refractivity contribution is 7.99. The summed E-state index contributed by atoms with van der Waals surface area (Å²) >= 11 is 1.73. The molecule has 1 aromatic rings. The zero-order chi connectivity index (χ0) is 21.2. The summed E-state index contributed by atoms with van der Waals surface area (Å²) in [6, 6.07) is 2.36. The van der Waals surface area contributed by atoms with Gasteiger partial charge in [0.1, 0.15) is 11.9 Å². The number of benzene rings is 1. The fourth-order valence-corrected chi connectivity index (χ4v) is 4.55. The van der Waals surface area contributed by atoms with E-state index in [9.17, 15) is 27.2 Å². The van der Waals surface area contributed by atoms with E-state index >= 15 is 0 Å². The third-order valence-electron chi connectivity index (χ3n) is 5.00. The van der Waals surface area contributed by atoms with Crippen LogP contribution in [0.25, 0.3) is 0 Å². The van der Waals surface area contributed by atoms with Gasteiger partial charge < -0.3 is 19.6 Å². The van der Waals surface area contributed by atoms with E-state index in [2.05, 4.69) is 0 Å². The van der Waals surface area contributed by atoms with Gasteiger partial charge in [-0.1, -0.05) is 6.07 Å². The molecule has 0 aliphatic carbocycles. The fraction of sp³-hybridized carbons (Fsp3) is 0.556. The molecule has 29 heavy (non-hydrogen) atoms. The van der Waals surface area contributed by atoms with Crippen molar-refractivity contribution in [1.82, 2.24) is 9.80 Å². The van der Waals surface area contributed by atoms with Crippen molar-refractivity contribution < 1.29 is 37.0 Å². The van der Waals surface area contributed by atoms with Crippen LogP contribution in [0.15, 0.2) is 18.2 Å². The van der Waals surface area contributed by atoms with E-state index in [0.717, 1.165) is 17.6 Å². The topological polar surface area (TPSA) is 70.1 Å². The van der Waals surface area contributed by atoms with Gasteiger partial charge in [-0.05, 0) is 24.1 Å². The van der Waals surface area contributed by atoms with Gasteiger partial charge in [-0.15, -0.1) is 0 Å². The summed E-state index contributed by atoms with van der Waals surface area (Å²) in [5, 5.41) is 8.94. The summed E-state index contributed by atoms with van der Waals surface area (Å²) in [7, 11) is 0. The Bertz CT molecular complexity index is 771. The van der Waals surface area contributed by atoms with Crippen LogP contribution in [0.3, 0.4) is 0 Å². The zero-order valence-electron chi connectivity index (χ0n) is 15.3. The van der Waals surface area contributed by atoms with Crippen LogP contribution in [0.5, 0.6) is 0 Å². The molecule has 0 saturated carbocycles. The lowest BCUT2D eigenvalue weighted by molar-refractivity contribution is -0.140. The molecule has 0 aromatic heterocycles. The van der Waals surface area contributed by atoms with Gasteiger partial charge in [0.25, 0.3) is 0 Å². The summed E-state index contributed by atoms with van der Waals surface area (Å²) < 4.78 is 57.3. The van der Waals surface area contributed by atoms with E-state index in [1.165, 1.54) is 11.0 Å². The second-order valence-corrected chi connectivity index (χ2v) is 8.19. The SMILES string of the molecule is O=C(O)OC1CC(c2ccc(C(F)(F)F)c(F)c2)CN(C(=O)N2CCSCC2)C1. The van der Waals surface area contributed by atoms with E-state index < -0.39 is 35.7 Å². The van der Waals surface area contributed by atoms with Crippen molar-refractivity contribution in [3.63, 3.8) is 0 Å². The molecule has 2 aliphatic rings. The number of urea groups is 1. The number of piperidine rings is 1. The number of ether oxygens (including phenoxy) is 1. The number of nitrogens with zero attached hydrogens (tertiary/aromatic N) is 2. The van der Waals surface area contributed by atoms with Gasteiger partial charge in [-0.3, -0.25) is 0 Å². The quantitative estimate of drug-likeness (QED) is 0.563. The van der Waals surface area contributed by atoms with Gasteiger partial charge in [0.2, 0.25) is 0 Å². The molecule has 160 valence electrons. The number of likely N-dealkylation sites (tertiary alicyclic amines) is 1. The van der Waals surface area contributed by atoms with Crippen molar-refractivity contribution in [2.24, 2.45) is 0 Å². The number of halogens is 4. The standard InChI is InChI=1S/C18H20F4N2O4S/c19-15-8-11(1-2-14(15)18(20,21)22)12-7-13(28-17(26)27)10-24(9-12)16(25)23-3-5-29-6-4-23/h1-2,8,12-13H,3-7,9-10H2,(H,26,27). The highest BCUT2D eigenvalue weighted by Crippen LogP contribution is 2.35. The van der Waals surface area contributed by atoms with Gasteiger partial charge >= 0.3 is 18.4 Å². The first-order chi connectivity index (χ1) is 13.6. The van der Waals surface area contributed by atoms with Crippen LogP contribution in [0.4, 0.5) is 27.2 Å². The summed E-state index contributed by atoms with van der Waals surface area (Å²) in [5.41, 5.74) is -1.10. The van der Waals surface area contributed by atoms with Crippen molar-refractivity contribution in [2.45, 2.75) is 24.6 Å². The zero-order valence-corrected chi connectivity index (χ0v) is 16.1. The smallest absolute Gasteiger partial charge is 0.450 e. The monoisotopic (exact) mass is 436 g/mol. The van der Waals surface area contributed by atoms with Gasteiger partial charge in [-0.25, -0.2) is 14.0 Å². The van der Waals surface area contributed by atoms with Crippen molar-refractivity contribution in [3.05, 3.63) is 35.1 Å². The molecule has 1 N–H and O–H groups in total. The molecular formula is C18H20F4N2O4S. The lowest BCUT2D eigenvalue weighted by Gasteiger charge is -2.40. The average Bonchev–Trinajstić information content (AvgIpc) is 2.66. The van der Waals surface area contributed by atoms with Gasteiger partial charge in [0, 0.05) is 37.1 Å². The molecule has 11 heteroatoms. The summed E-state index contributed by atoms with van der Waals surface area (Å²) in [6.07, 6.45) is -7.01. The van der Waals surface area contributed by atoms with Crippen LogP contribution in [-0.4, -0.2) is 70.9 Å². The maximum atomic E-state index is 14.0. The Kier molecular flexibility index (Phi) is 6.45. The van der Waals surface area contributed by atoms with Gasteiger partial charge in [0.05, 0.1) is 12.1 Å². The van der Waals surface area contributed by atoms with Crippen molar-refractivity contribution >= 4 is 23.9 Å². The molecule has 0 bridgehead atoms. The molecule has 2 amide bonds. The first-order valence-electron chi connectivity index (χ1n) is 9.03. The highest BCUT2D eigenvalue weighted by Gasteiger charge is 2.37. The van der Waals surface area contributed by atoms with Crippen molar-refractivity contribution in [2.75, 3.05) is 37.7 Å². The first kappa shape index (κ1) is 21.5. The number of hydrogen-bond donors (Lipinski definition) is 1. The number of alkyl halides is 3. The van der Waals surface area contributed by atoms with E-state index in [0.29, 0.717) is 19.2 Å². The molecule has 2 unspecified atom stereocenters. The Balaban J connectivity index is 1.82. The molecule has 2 aliphatic heterocycles. The Morgan fingerprint density at radius 2 is 1.83 bits per heavy atom. The number of thioether (sulfide) groups is 1. The molecule has 2 heterocycles. The second-order valence-electron chi connectivity index (χ2n) is 6.96. The lowest BCUT2D eigenvalue weighted by atomic mass is 9.88. The third-order valence-corrected chi connectivity index (χ3v) is 5.94. The van der Waals surface area contributed by atoms with Crippen LogP contribution in [0.2, 0.25) is 0 Å². The van der Waals surface area contributed by atoms with Crippen LogP contribution in [0, 0.1) is 5.82 Å². The van der Waals surface area contributed by atoms with Crippen LogP contribution >= 0.6 is 11.8 Å². The predicted molar refractivity (Wildman–Crippen MR) is 97.5 cm³/mol. The van der Waals surface area contributed by atoms with E-state index in [4.69, 9.17) is 9.84 Å². The maximum absolute atomic E-state index is 14.0. The minimum Gasteiger partial charge on any atom is -0.450 e. The largest absolute Gasteiger partial charge is 0.506 e. The van der Waals surface area contributed by atoms with E-state index in [-0.39, 0.29) is 31.1 Å². The van der Waals surface area contributed by atoms with E-state index in [1.54, 1.807) is 16.7 Å². The fourth-order valence-electron chi connectivity index (χ4n) is 3.65. The minimum atomic E-state index is -4.81. The third kappa shape index (κ3) is 5.26. The molecule has 6 nitrogen and oxygen atoms in total. The van der Waals surface area contributed by atoms with Gasteiger partial charge in [0.15, 0.2) is 0 Å². The van der Waals surface area contributed by atoms with Gasteiger partial charge in [-0.2, -0.15) is 24.9 Å². The Morgan fingerprint density at radius 3 is 2.41 bits per heavy atom. The normalized spacial score (nSPS) is 23.0. The lowest BCUT2D eigenvalue weighted by Crippen LogP contribution is -2.53. The number of carbonyl (C=O) groups excluding carboxylic acids is 1. The molecule has 1 aromatic carbocycles. The summed E-state index contributed by atoms with van der Waals surface area (Å²) in [5.74, 6) is -0.361. The number of amides is 2. The Labute approximate surface area is 168 Å². The Morgan fingerprint density at radius 1 is 1.14 bits per heavy atom. The average molecular weight is 436 g/mol. The molecule has 0 spiro atoms. The summed E-state index contributed by atoms with van der Waals surface area (Å²) in [6.45, 7) is 1.31. The Hall–Kier alpha value is -2.17. The first-order valence-corrected chi connectivity index (χ1v) is 10.2. The number of rotatable bonds is 2. The van der Waals surface area contributed by atoms with Crippen LogP contribution in [-0.2, 0) is 10.9 Å². The van der Waals surface area contributed by atoms with Crippen LogP contribution in [0.1, 0.15) is 23.5 Å². The highest BCUT2D eigenvalue weighted by atomic mass is 32.2. The van der Waals surface area contributed by atoms with Crippen molar-refractivity contribution in [1.29, 1.82) is 0 Å². The molecule has 2 atom stereocenters. The van der Waals surface area contributed by atoms with E-state index in [1.807, 2.05) is 0 Å². The number of hydrogen-bond acceptors (Lipinski definition) is 4. The number of carbonyl (C=O) groups is 2. The molecular weight excluding hydrogens is 416 g/mol. The minimum absolute atomic E-state index is 0.0500. The summed E-state index contributed by atoms with van der Waals surface area (Å²) in [4.78, 5) is 26.9. The molecule has 3 rings (SSSR count). The molecule has 0 radical (unpaired) electrons. The predicted octanol–water partition coefficient (Wildman–Crippen LogP) is 3.87. The second kappa shape index (κ2) is 8.68. The maximum Gasteiger partial charge on any atom is 0.506 e. The van der Waals surface area contributed by atoms with Crippen molar-refractivity contribution in [3.8, 4) is 0 Å². The molecule has 2 fully saturated rings. The van der Waals surface area contributed by atoms with Crippen LogP contribution < -0.4 is 0 Å².